The van der Waals surface area contributed by atoms with Gasteiger partial charge in [-0.15, -0.1) is 0 Å². The van der Waals surface area contributed by atoms with Crippen LogP contribution in [0.2, 0.25) is 0 Å². The van der Waals surface area contributed by atoms with Gasteiger partial charge in [0.05, 0.1) is 5.52 Å². The molecule has 0 unspecified atom stereocenters. The molecule has 0 radical (unpaired) electrons. The first-order valence-corrected chi connectivity index (χ1v) is 8.41. The van der Waals surface area contributed by atoms with Crippen molar-refractivity contribution in [2.45, 2.75) is 32.7 Å². The minimum absolute atomic E-state index is 0.212. The molecule has 0 aliphatic carbocycles. The second kappa shape index (κ2) is 7.65. The van der Waals surface area contributed by atoms with Crippen LogP contribution in [0.5, 0.6) is 0 Å². The number of pyridine rings is 1. The van der Waals surface area contributed by atoms with E-state index < -0.39 is 0 Å². The van der Waals surface area contributed by atoms with E-state index in [1.807, 2.05) is 40.9 Å². The number of amides is 2. The highest BCUT2D eigenvalue weighted by atomic mass is 16.2. The van der Waals surface area contributed by atoms with Crippen LogP contribution in [0.4, 0.5) is 0 Å². The van der Waals surface area contributed by atoms with Gasteiger partial charge < -0.3 is 15.5 Å². The number of carbonyl (C=O) groups is 2. The second-order valence-electron chi connectivity index (χ2n) is 7.36. The van der Waals surface area contributed by atoms with Gasteiger partial charge in [0.1, 0.15) is 0 Å². The first-order valence-electron chi connectivity index (χ1n) is 8.41. The van der Waals surface area contributed by atoms with Crippen molar-refractivity contribution in [3.63, 3.8) is 0 Å². The minimum atomic E-state index is -0.383. The quantitative estimate of drug-likeness (QED) is 0.779. The molecular formula is C18H27N5O2. The molecular weight excluding hydrogens is 318 g/mol. The molecule has 0 aliphatic heterocycles. The second-order valence-corrected chi connectivity index (χ2v) is 7.36. The Kier molecular flexibility index (Phi) is 5.79. The summed E-state index contributed by atoms with van der Waals surface area (Å²) in [6.45, 7) is 7.16. The lowest BCUT2D eigenvalue weighted by Gasteiger charge is -2.19. The third kappa shape index (κ3) is 5.03. The van der Waals surface area contributed by atoms with E-state index in [4.69, 9.17) is 0 Å². The molecule has 2 N–H and O–H groups in total. The van der Waals surface area contributed by atoms with Crippen LogP contribution in [0.25, 0.3) is 5.52 Å². The molecule has 7 nitrogen and oxygen atoms in total. The van der Waals surface area contributed by atoms with Gasteiger partial charge in [-0.25, -0.2) is 4.98 Å². The maximum absolute atomic E-state index is 12.5. The summed E-state index contributed by atoms with van der Waals surface area (Å²) in [6, 6.07) is 5.42. The largest absolute Gasteiger partial charge is 0.351 e. The van der Waals surface area contributed by atoms with Gasteiger partial charge in [-0.1, -0.05) is 6.07 Å². The molecule has 2 heterocycles. The van der Waals surface area contributed by atoms with Crippen LogP contribution in [0.15, 0.2) is 24.4 Å². The standard InChI is InChI=1S/C18H27N5O2/c1-18(2,3)21-17(25)15-20-14(13-9-6-7-12-23(13)15)16(24)19-10-8-11-22(4)5/h6-7,9,12H,8,10-11H2,1-5H3,(H,19,24)(H,21,25). The fraction of sp³-hybridized carbons (Fsp3) is 0.500. The summed E-state index contributed by atoms with van der Waals surface area (Å²) in [5, 5.41) is 5.76. The highest BCUT2D eigenvalue weighted by Crippen LogP contribution is 2.14. The van der Waals surface area contributed by atoms with Crippen molar-refractivity contribution in [2.24, 2.45) is 0 Å². The Hall–Kier alpha value is -2.41. The van der Waals surface area contributed by atoms with Crippen LogP contribution in [0.3, 0.4) is 0 Å². The van der Waals surface area contributed by atoms with Crippen molar-refractivity contribution >= 4 is 17.3 Å². The van der Waals surface area contributed by atoms with Gasteiger partial charge in [-0.05, 0) is 60.0 Å². The maximum Gasteiger partial charge on any atom is 0.288 e. The zero-order chi connectivity index (χ0) is 18.6. The Morgan fingerprint density at radius 1 is 1.20 bits per heavy atom. The molecule has 0 atom stereocenters. The Bertz CT molecular complexity index is 758. The fourth-order valence-corrected chi connectivity index (χ4v) is 2.44. The number of fused-ring (bicyclic) bond motifs is 1. The van der Waals surface area contributed by atoms with Crippen molar-refractivity contribution in [2.75, 3.05) is 27.2 Å². The molecule has 2 aromatic heterocycles. The van der Waals surface area contributed by atoms with Crippen molar-refractivity contribution in [1.29, 1.82) is 0 Å². The van der Waals surface area contributed by atoms with Crippen LogP contribution in [-0.4, -0.2) is 58.8 Å². The van der Waals surface area contributed by atoms with Gasteiger partial charge in [0.2, 0.25) is 5.82 Å². The number of aromatic nitrogens is 2. The van der Waals surface area contributed by atoms with E-state index in [2.05, 4.69) is 20.5 Å². The molecule has 0 saturated carbocycles. The van der Waals surface area contributed by atoms with E-state index in [1.165, 1.54) is 0 Å². The van der Waals surface area contributed by atoms with E-state index in [9.17, 15) is 9.59 Å². The van der Waals surface area contributed by atoms with Crippen LogP contribution >= 0.6 is 0 Å². The summed E-state index contributed by atoms with van der Waals surface area (Å²) in [6.07, 6.45) is 2.59. The van der Waals surface area contributed by atoms with E-state index >= 15 is 0 Å². The zero-order valence-corrected chi connectivity index (χ0v) is 15.6. The van der Waals surface area contributed by atoms with E-state index in [1.54, 1.807) is 22.7 Å². The summed E-state index contributed by atoms with van der Waals surface area (Å²) in [5.41, 5.74) is 0.503. The highest BCUT2D eigenvalue weighted by Gasteiger charge is 2.23. The summed E-state index contributed by atoms with van der Waals surface area (Å²) >= 11 is 0. The Labute approximate surface area is 148 Å². The number of imidazole rings is 1. The van der Waals surface area contributed by atoms with Gasteiger partial charge >= 0.3 is 0 Å². The molecule has 2 rings (SSSR count). The predicted octanol–water partition coefficient (Wildman–Crippen LogP) is 1.54. The van der Waals surface area contributed by atoms with Gasteiger partial charge in [0.15, 0.2) is 5.69 Å². The molecule has 0 saturated heterocycles. The lowest BCUT2D eigenvalue weighted by atomic mass is 10.1. The smallest absolute Gasteiger partial charge is 0.288 e. The number of nitrogens with zero attached hydrogens (tertiary/aromatic N) is 3. The van der Waals surface area contributed by atoms with E-state index in [0.29, 0.717) is 12.1 Å². The normalized spacial score (nSPS) is 11.8. The Morgan fingerprint density at radius 2 is 1.92 bits per heavy atom. The summed E-state index contributed by atoms with van der Waals surface area (Å²) in [5.74, 6) is -0.360. The van der Waals surface area contributed by atoms with Crippen molar-refractivity contribution in [3.8, 4) is 0 Å². The van der Waals surface area contributed by atoms with Crippen molar-refractivity contribution in [3.05, 3.63) is 35.9 Å². The highest BCUT2D eigenvalue weighted by molar-refractivity contribution is 6.02. The average Bonchev–Trinajstić information content (AvgIpc) is 2.89. The molecule has 7 heteroatoms. The third-order valence-corrected chi connectivity index (χ3v) is 3.52. The molecule has 0 fully saturated rings. The Balaban J connectivity index is 2.23. The average molecular weight is 345 g/mol. The Morgan fingerprint density at radius 3 is 2.56 bits per heavy atom. The van der Waals surface area contributed by atoms with Crippen LogP contribution in [-0.2, 0) is 0 Å². The van der Waals surface area contributed by atoms with E-state index in [0.717, 1.165) is 13.0 Å². The lowest BCUT2D eigenvalue weighted by Crippen LogP contribution is -2.41. The summed E-state index contributed by atoms with van der Waals surface area (Å²) in [4.78, 5) is 31.4. The summed E-state index contributed by atoms with van der Waals surface area (Å²) < 4.78 is 1.65. The molecule has 136 valence electrons. The first-order chi connectivity index (χ1) is 11.7. The zero-order valence-electron chi connectivity index (χ0n) is 15.6. The molecule has 2 amide bonds. The number of rotatable bonds is 6. The van der Waals surface area contributed by atoms with Crippen molar-refractivity contribution < 1.29 is 9.59 Å². The van der Waals surface area contributed by atoms with Gasteiger partial charge in [-0.2, -0.15) is 0 Å². The topological polar surface area (TPSA) is 78.7 Å². The van der Waals surface area contributed by atoms with Crippen LogP contribution in [0, 0.1) is 0 Å². The number of carbonyl (C=O) groups excluding carboxylic acids is 2. The van der Waals surface area contributed by atoms with E-state index in [-0.39, 0.29) is 28.9 Å². The molecule has 0 aliphatic rings. The number of hydrogen-bond donors (Lipinski definition) is 2. The minimum Gasteiger partial charge on any atom is -0.351 e. The fourth-order valence-electron chi connectivity index (χ4n) is 2.44. The lowest BCUT2D eigenvalue weighted by molar-refractivity contribution is 0.0908. The predicted molar refractivity (Wildman–Crippen MR) is 97.9 cm³/mol. The third-order valence-electron chi connectivity index (χ3n) is 3.52. The van der Waals surface area contributed by atoms with Gasteiger partial charge in [0.25, 0.3) is 11.8 Å². The van der Waals surface area contributed by atoms with Crippen LogP contribution < -0.4 is 10.6 Å². The van der Waals surface area contributed by atoms with Gasteiger partial charge in [0, 0.05) is 18.3 Å². The van der Waals surface area contributed by atoms with Crippen molar-refractivity contribution in [1.82, 2.24) is 24.9 Å². The maximum atomic E-state index is 12.5. The molecule has 25 heavy (non-hydrogen) atoms. The molecule has 0 spiro atoms. The van der Waals surface area contributed by atoms with Gasteiger partial charge in [-0.3, -0.25) is 14.0 Å². The molecule has 0 aromatic carbocycles. The molecule has 2 aromatic rings. The number of hydrogen-bond acceptors (Lipinski definition) is 4. The monoisotopic (exact) mass is 345 g/mol. The first kappa shape index (κ1) is 18.9. The SMILES string of the molecule is CN(C)CCCNC(=O)c1nc(C(=O)NC(C)(C)C)n2ccccc12. The summed E-state index contributed by atoms with van der Waals surface area (Å²) in [7, 11) is 3.98. The van der Waals surface area contributed by atoms with Crippen LogP contribution in [0.1, 0.15) is 48.3 Å². The number of nitrogens with one attached hydrogen (secondary N) is 2. The molecule has 0 bridgehead atoms.